The lowest BCUT2D eigenvalue weighted by Crippen LogP contribution is -2.54. The van der Waals surface area contributed by atoms with Crippen LogP contribution in [0.25, 0.3) is 0 Å². The molecule has 2 fully saturated rings. The Morgan fingerprint density at radius 1 is 1.00 bits per heavy atom. The van der Waals surface area contributed by atoms with Crippen molar-refractivity contribution >= 4 is 29.4 Å². The number of hydrogen-bond acceptors (Lipinski definition) is 3. The van der Waals surface area contributed by atoms with E-state index in [1.165, 1.54) is 11.1 Å². The minimum Gasteiger partial charge on any atom is -0.327 e. The van der Waals surface area contributed by atoms with Crippen LogP contribution in [0.15, 0.2) is 54.6 Å². The molecule has 5 nitrogen and oxygen atoms in total. The highest BCUT2D eigenvalue weighted by atomic mass is 32.2. The van der Waals surface area contributed by atoms with Gasteiger partial charge in [0.1, 0.15) is 0 Å². The molecule has 0 unspecified atom stereocenters. The van der Waals surface area contributed by atoms with E-state index < -0.39 is 0 Å². The number of rotatable bonds is 5. The largest absolute Gasteiger partial charge is 0.327 e. The summed E-state index contributed by atoms with van der Waals surface area (Å²) >= 11 is 1.89. The van der Waals surface area contributed by atoms with Crippen LogP contribution in [0.2, 0.25) is 0 Å². The summed E-state index contributed by atoms with van der Waals surface area (Å²) in [5.74, 6) is 1.22. The van der Waals surface area contributed by atoms with E-state index >= 15 is 0 Å². The Morgan fingerprint density at radius 3 is 2.48 bits per heavy atom. The quantitative estimate of drug-likeness (QED) is 0.732. The van der Waals surface area contributed by atoms with Gasteiger partial charge in [0.25, 0.3) is 0 Å². The van der Waals surface area contributed by atoms with E-state index in [2.05, 4.69) is 35.3 Å². The smallest absolute Gasteiger partial charge is 0.321 e. The zero-order valence-corrected chi connectivity index (χ0v) is 19.0. The summed E-state index contributed by atoms with van der Waals surface area (Å²) in [4.78, 5) is 29.6. The van der Waals surface area contributed by atoms with Gasteiger partial charge in [-0.2, -0.15) is 0 Å². The number of hydrogen-bond donors (Lipinski definition) is 1. The number of nitrogens with one attached hydrogen (secondary N) is 1. The summed E-state index contributed by atoms with van der Waals surface area (Å²) in [5.41, 5.74) is 3.26. The molecule has 31 heavy (non-hydrogen) atoms. The van der Waals surface area contributed by atoms with Gasteiger partial charge in [0.2, 0.25) is 5.91 Å². The van der Waals surface area contributed by atoms with Crippen LogP contribution in [-0.4, -0.2) is 52.0 Å². The molecule has 0 aromatic heterocycles. The van der Waals surface area contributed by atoms with Crippen molar-refractivity contribution in [1.82, 2.24) is 9.80 Å². The van der Waals surface area contributed by atoms with Crippen molar-refractivity contribution in [3.05, 3.63) is 65.7 Å². The Morgan fingerprint density at radius 2 is 1.74 bits per heavy atom. The maximum absolute atomic E-state index is 13.0. The second-order valence-electron chi connectivity index (χ2n) is 8.30. The second kappa shape index (κ2) is 9.77. The highest BCUT2D eigenvalue weighted by molar-refractivity contribution is 8.00. The number of urea groups is 1. The van der Waals surface area contributed by atoms with Crippen molar-refractivity contribution in [2.75, 3.05) is 30.7 Å². The second-order valence-corrected chi connectivity index (χ2v) is 9.75. The van der Waals surface area contributed by atoms with Crippen LogP contribution < -0.4 is 5.32 Å². The topological polar surface area (TPSA) is 52.7 Å². The van der Waals surface area contributed by atoms with E-state index in [0.717, 1.165) is 43.7 Å². The number of anilines is 1. The van der Waals surface area contributed by atoms with Crippen molar-refractivity contribution in [1.29, 1.82) is 0 Å². The molecule has 0 aliphatic carbocycles. The molecule has 2 aromatic rings. The molecule has 2 saturated heterocycles. The number of carbonyl (C=O) groups excluding carboxylic acids is 2. The minimum atomic E-state index is -0.146. The first-order chi connectivity index (χ1) is 15.1. The van der Waals surface area contributed by atoms with Gasteiger partial charge in [-0.25, -0.2) is 4.79 Å². The number of aryl methyl sites for hydroxylation is 2. The standard InChI is InChI=1S/C25H31N3O2S/c1-2-20-9-6-10-22(19-20)26-24(30)27-15-13-25(14-16-27)28(17-18-31-25)23(29)12-11-21-7-4-3-5-8-21/h3-10,19H,2,11-18H2,1H3,(H,26,30). The lowest BCUT2D eigenvalue weighted by atomic mass is 10.0. The third kappa shape index (κ3) is 5.06. The molecule has 0 radical (unpaired) electrons. The number of nitrogens with zero attached hydrogens (tertiary/aromatic N) is 2. The predicted octanol–water partition coefficient (Wildman–Crippen LogP) is 4.78. The number of amides is 3. The van der Waals surface area contributed by atoms with Crippen LogP contribution in [0.5, 0.6) is 0 Å². The number of benzene rings is 2. The average molecular weight is 438 g/mol. The third-order valence-electron chi connectivity index (χ3n) is 6.37. The molecule has 3 amide bonds. The number of thioether (sulfide) groups is 1. The summed E-state index contributed by atoms with van der Waals surface area (Å²) in [6.07, 6.45) is 3.93. The van der Waals surface area contributed by atoms with Gasteiger partial charge in [-0.05, 0) is 48.9 Å². The summed E-state index contributed by atoms with van der Waals surface area (Å²) in [7, 11) is 0. The van der Waals surface area contributed by atoms with Gasteiger partial charge in [0.15, 0.2) is 0 Å². The van der Waals surface area contributed by atoms with Crippen molar-refractivity contribution in [2.24, 2.45) is 0 Å². The molecule has 0 atom stereocenters. The van der Waals surface area contributed by atoms with E-state index in [9.17, 15) is 9.59 Å². The lowest BCUT2D eigenvalue weighted by Gasteiger charge is -2.44. The first-order valence-electron chi connectivity index (χ1n) is 11.2. The van der Waals surface area contributed by atoms with Gasteiger partial charge < -0.3 is 15.1 Å². The van der Waals surface area contributed by atoms with Crippen molar-refractivity contribution in [2.45, 2.75) is 43.9 Å². The molecular formula is C25H31N3O2S. The van der Waals surface area contributed by atoms with E-state index in [1.807, 2.05) is 53.1 Å². The molecular weight excluding hydrogens is 406 g/mol. The van der Waals surface area contributed by atoms with Gasteiger partial charge in [0, 0.05) is 37.5 Å². The normalized spacial score (nSPS) is 17.7. The fourth-order valence-corrected chi connectivity index (χ4v) is 6.01. The van der Waals surface area contributed by atoms with Gasteiger partial charge in [-0.3, -0.25) is 4.79 Å². The first kappa shape index (κ1) is 21.8. The van der Waals surface area contributed by atoms with E-state index in [-0.39, 0.29) is 16.8 Å². The van der Waals surface area contributed by atoms with Crippen LogP contribution in [0.3, 0.4) is 0 Å². The minimum absolute atomic E-state index is 0.0481. The van der Waals surface area contributed by atoms with E-state index in [1.54, 1.807) is 0 Å². The number of carbonyl (C=O) groups is 2. The summed E-state index contributed by atoms with van der Waals surface area (Å²) in [5, 5.41) is 3.04. The summed E-state index contributed by atoms with van der Waals surface area (Å²) in [6, 6.07) is 18.2. The van der Waals surface area contributed by atoms with Crippen LogP contribution in [-0.2, 0) is 17.6 Å². The number of piperidine rings is 1. The zero-order chi connectivity index (χ0) is 21.7. The molecule has 2 heterocycles. The highest BCUT2D eigenvalue weighted by Gasteiger charge is 2.46. The molecule has 1 N–H and O–H groups in total. The van der Waals surface area contributed by atoms with Crippen LogP contribution in [0.1, 0.15) is 37.3 Å². The molecule has 2 aliphatic heterocycles. The fraction of sp³-hybridized carbons (Fsp3) is 0.440. The van der Waals surface area contributed by atoms with Crippen molar-refractivity contribution in [3.63, 3.8) is 0 Å². The van der Waals surface area contributed by atoms with Crippen molar-refractivity contribution in [3.8, 4) is 0 Å². The van der Waals surface area contributed by atoms with Crippen molar-refractivity contribution < 1.29 is 9.59 Å². The van der Waals surface area contributed by atoms with Gasteiger partial charge in [0.05, 0.1) is 4.87 Å². The Kier molecular flexibility index (Phi) is 6.86. The summed E-state index contributed by atoms with van der Waals surface area (Å²) in [6.45, 7) is 4.27. The maximum atomic E-state index is 13.0. The van der Waals surface area contributed by atoms with Crippen LogP contribution >= 0.6 is 11.8 Å². The molecule has 2 aliphatic rings. The Hall–Kier alpha value is -2.47. The van der Waals surface area contributed by atoms with Crippen LogP contribution in [0.4, 0.5) is 10.5 Å². The van der Waals surface area contributed by atoms with Gasteiger partial charge in [-0.15, -0.1) is 11.8 Å². The fourth-order valence-electron chi connectivity index (χ4n) is 4.54. The number of likely N-dealkylation sites (tertiary alicyclic amines) is 1. The molecule has 4 rings (SSSR count). The van der Waals surface area contributed by atoms with E-state index in [4.69, 9.17) is 0 Å². The molecule has 2 aromatic carbocycles. The monoisotopic (exact) mass is 437 g/mol. The third-order valence-corrected chi connectivity index (χ3v) is 7.92. The lowest BCUT2D eigenvalue weighted by molar-refractivity contribution is -0.134. The van der Waals surface area contributed by atoms with Gasteiger partial charge >= 0.3 is 6.03 Å². The molecule has 1 spiro atoms. The zero-order valence-electron chi connectivity index (χ0n) is 18.2. The SMILES string of the molecule is CCc1cccc(NC(=O)N2CCC3(CC2)SCCN3C(=O)CCc2ccccc2)c1. The molecule has 0 bridgehead atoms. The molecule has 0 saturated carbocycles. The molecule has 164 valence electrons. The van der Waals surface area contributed by atoms with Gasteiger partial charge in [-0.1, -0.05) is 49.4 Å². The van der Waals surface area contributed by atoms with E-state index in [0.29, 0.717) is 19.5 Å². The maximum Gasteiger partial charge on any atom is 0.321 e. The predicted molar refractivity (Wildman–Crippen MR) is 127 cm³/mol. The Balaban J connectivity index is 1.32. The van der Waals surface area contributed by atoms with Crippen LogP contribution in [0, 0.1) is 0 Å². The average Bonchev–Trinajstić information content (AvgIpc) is 3.21. The molecule has 6 heteroatoms. The highest BCUT2D eigenvalue weighted by Crippen LogP contribution is 2.44. The summed E-state index contributed by atoms with van der Waals surface area (Å²) < 4.78 is 0. The Labute approximate surface area is 189 Å². The Bertz CT molecular complexity index is 910. The first-order valence-corrected chi connectivity index (χ1v) is 12.2.